The maximum Gasteiger partial charge on any atom is 0.293 e. The van der Waals surface area contributed by atoms with Gasteiger partial charge >= 0.3 is 0 Å². The van der Waals surface area contributed by atoms with E-state index in [9.17, 15) is 9.59 Å². The highest BCUT2D eigenvalue weighted by Crippen LogP contribution is 2.16. The summed E-state index contributed by atoms with van der Waals surface area (Å²) < 4.78 is 5.08. The highest BCUT2D eigenvalue weighted by atomic mass is 16.5. The van der Waals surface area contributed by atoms with Crippen LogP contribution in [0.4, 0.5) is 11.6 Å². The van der Waals surface area contributed by atoms with Crippen molar-refractivity contribution in [1.82, 2.24) is 15.2 Å². The predicted molar refractivity (Wildman–Crippen MR) is 69.9 cm³/mol. The number of hydrogen-bond acceptors (Lipinski definition) is 6. The van der Waals surface area contributed by atoms with Crippen LogP contribution in [-0.4, -0.2) is 33.6 Å². The van der Waals surface area contributed by atoms with E-state index in [2.05, 4.69) is 20.5 Å². The van der Waals surface area contributed by atoms with E-state index in [1.165, 1.54) is 0 Å². The van der Waals surface area contributed by atoms with Gasteiger partial charge in [-0.3, -0.25) is 14.7 Å². The Hall–Kier alpha value is -3.10. The molecule has 20 heavy (non-hydrogen) atoms. The lowest BCUT2D eigenvalue weighted by Crippen LogP contribution is -2.20. The molecule has 0 spiro atoms. The number of carbonyl (C=O) groups is 2. The zero-order valence-corrected chi connectivity index (χ0v) is 10.3. The molecule has 9 nitrogen and oxygen atoms in total. The molecule has 2 amide bonds. The van der Waals surface area contributed by atoms with Crippen LogP contribution in [0.1, 0.15) is 10.6 Å². The maximum atomic E-state index is 11.7. The molecule has 2 aromatic rings. The number of hydrogen-bond donors (Lipinski definition) is 4. The molecule has 0 radical (unpaired) electrons. The summed E-state index contributed by atoms with van der Waals surface area (Å²) in [5.74, 6) is -0.571. The number of carbonyl (C=O) groups excluding carboxylic acids is 2. The van der Waals surface area contributed by atoms with Gasteiger partial charge in [0.15, 0.2) is 6.61 Å². The molecule has 1 heterocycles. The van der Waals surface area contributed by atoms with E-state index in [4.69, 9.17) is 16.2 Å². The van der Waals surface area contributed by atoms with Crippen LogP contribution in [0.2, 0.25) is 0 Å². The number of aromatic amines is 1. The molecule has 0 fully saturated rings. The average Bonchev–Trinajstić information content (AvgIpc) is 2.85. The van der Waals surface area contributed by atoms with Crippen LogP contribution in [-0.2, 0) is 4.79 Å². The lowest BCUT2D eigenvalue weighted by Gasteiger charge is -2.06. The van der Waals surface area contributed by atoms with Crippen LogP contribution in [0, 0.1) is 0 Å². The average molecular weight is 276 g/mol. The lowest BCUT2D eigenvalue weighted by molar-refractivity contribution is -0.119. The smallest absolute Gasteiger partial charge is 0.293 e. The van der Waals surface area contributed by atoms with Crippen LogP contribution in [0.25, 0.3) is 0 Å². The van der Waals surface area contributed by atoms with E-state index in [-0.39, 0.29) is 18.4 Å². The third-order valence-corrected chi connectivity index (χ3v) is 2.21. The Bertz CT molecular complexity index is 621. The van der Waals surface area contributed by atoms with Crippen molar-refractivity contribution in [1.29, 1.82) is 0 Å². The number of benzene rings is 1. The summed E-state index contributed by atoms with van der Waals surface area (Å²) in [5.41, 5.74) is 10.8. The number of nitrogens with two attached hydrogens (primary N) is 2. The summed E-state index contributed by atoms with van der Waals surface area (Å²) >= 11 is 0. The molecule has 0 aliphatic rings. The number of amides is 2. The van der Waals surface area contributed by atoms with Crippen molar-refractivity contribution in [3.05, 3.63) is 30.1 Å². The first-order valence-electron chi connectivity index (χ1n) is 5.55. The van der Waals surface area contributed by atoms with Crippen molar-refractivity contribution in [2.45, 2.75) is 0 Å². The number of H-pyrrole nitrogens is 1. The van der Waals surface area contributed by atoms with Gasteiger partial charge in [-0.2, -0.15) is 4.98 Å². The minimum Gasteiger partial charge on any atom is -0.484 e. The van der Waals surface area contributed by atoms with Gasteiger partial charge in [0.05, 0.1) is 0 Å². The monoisotopic (exact) mass is 276 g/mol. The van der Waals surface area contributed by atoms with Crippen LogP contribution < -0.4 is 21.5 Å². The zero-order chi connectivity index (χ0) is 14.5. The SMILES string of the molecule is NC(=O)COc1ccc(NC(=O)c2nc(N)n[nH]2)cc1. The highest BCUT2D eigenvalue weighted by Gasteiger charge is 2.10. The van der Waals surface area contributed by atoms with Gasteiger partial charge in [0.1, 0.15) is 5.75 Å². The molecule has 1 aromatic carbocycles. The maximum absolute atomic E-state index is 11.7. The molecule has 0 unspecified atom stereocenters. The van der Waals surface area contributed by atoms with Crippen LogP contribution in [0.5, 0.6) is 5.75 Å². The molecule has 0 bridgehead atoms. The van der Waals surface area contributed by atoms with Gasteiger partial charge in [-0.25, -0.2) is 0 Å². The number of ether oxygens (including phenoxy) is 1. The fourth-order valence-corrected chi connectivity index (χ4v) is 1.36. The lowest BCUT2D eigenvalue weighted by atomic mass is 10.3. The first-order valence-corrected chi connectivity index (χ1v) is 5.55. The first-order chi connectivity index (χ1) is 9.54. The second kappa shape index (κ2) is 5.69. The third kappa shape index (κ3) is 3.45. The molecule has 0 saturated heterocycles. The Morgan fingerprint density at radius 2 is 2.00 bits per heavy atom. The number of nitrogens with one attached hydrogen (secondary N) is 2. The summed E-state index contributed by atoms with van der Waals surface area (Å²) in [5, 5.41) is 8.53. The molecule has 0 aliphatic heterocycles. The summed E-state index contributed by atoms with van der Waals surface area (Å²) in [6, 6.07) is 6.39. The summed E-state index contributed by atoms with van der Waals surface area (Å²) in [4.78, 5) is 26.0. The minimum absolute atomic E-state index is 0.00894. The van der Waals surface area contributed by atoms with Crippen molar-refractivity contribution < 1.29 is 14.3 Å². The van der Waals surface area contributed by atoms with E-state index in [1.807, 2.05) is 0 Å². The van der Waals surface area contributed by atoms with E-state index in [1.54, 1.807) is 24.3 Å². The quantitative estimate of drug-likeness (QED) is 0.578. The Kier molecular flexibility index (Phi) is 3.80. The minimum atomic E-state index is -0.565. The van der Waals surface area contributed by atoms with Gasteiger partial charge in [-0.1, -0.05) is 0 Å². The molecule has 9 heteroatoms. The molecular formula is C11H12N6O3. The fourth-order valence-electron chi connectivity index (χ4n) is 1.36. The second-order valence-corrected chi connectivity index (χ2v) is 3.78. The van der Waals surface area contributed by atoms with Crippen molar-refractivity contribution in [2.24, 2.45) is 5.73 Å². The Balaban J connectivity index is 1.96. The van der Waals surface area contributed by atoms with E-state index in [0.29, 0.717) is 11.4 Å². The molecule has 1 aromatic heterocycles. The number of nitrogens with zero attached hydrogens (tertiary/aromatic N) is 2. The Morgan fingerprint density at radius 3 is 2.55 bits per heavy atom. The molecule has 0 aliphatic carbocycles. The summed E-state index contributed by atoms with van der Waals surface area (Å²) in [6.07, 6.45) is 0. The largest absolute Gasteiger partial charge is 0.484 e. The van der Waals surface area contributed by atoms with Gasteiger partial charge in [-0.15, -0.1) is 5.10 Å². The Labute approximate surface area is 113 Å². The molecule has 0 atom stereocenters. The van der Waals surface area contributed by atoms with Crippen molar-refractivity contribution in [3.8, 4) is 5.75 Å². The van der Waals surface area contributed by atoms with E-state index >= 15 is 0 Å². The van der Waals surface area contributed by atoms with Crippen molar-refractivity contribution >= 4 is 23.5 Å². The molecular weight excluding hydrogens is 264 g/mol. The van der Waals surface area contributed by atoms with Crippen LogP contribution >= 0.6 is 0 Å². The molecule has 104 valence electrons. The highest BCUT2D eigenvalue weighted by molar-refractivity contribution is 6.01. The molecule has 0 saturated carbocycles. The number of anilines is 2. The molecule has 2 rings (SSSR count). The van der Waals surface area contributed by atoms with Gasteiger partial charge in [-0.05, 0) is 24.3 Å². The van der Waals surface area contributed by atoms with E-state index in [0.717, 1.165) is 0 Å². The van der Waals surface area contributed by atoms with Gasteiger partial charge in [0.2, 0.25) is 11.8 Å². The van der Waals surface area contributed by atoms with Crippen LogP contribution in [0.3, 0.4) is 0 Å². The van der Waals surface area contributed by atoms with Gasteiger partial charge in [0, 0.05) is 5.69 Å². The van der Waals surface area contributed by atoms with E-state index < -0.39 is 11.8 Å². The predicted octanol–water partition coefficient (Wildman–Crippen LogP) is -0.497. The van der Waals surface area contributed by atoms with Crippen molar-refractivity contribution in [3.63, 3.8) is 0 Å². The number of nitrogen functional groups attached to an aromatic ring is 1. The standard InChI is InChI=1S/C11H12N6O3/c12-8(18)5-20-7-3-1-6(2-4-7)14-10(19)9-15-11(13)17-16-9/h1-4H,5H2,(H2,12,18)(H,14,19)(H3,13,15,16,17). The summed E-state index contributed by atoms with van der Waals surface area (Å²) in [6.45, 7) is -0.205. The molecule has 6 N–H and O–H groups in total. The zero-order valence-electron chi connectivity index (χ0n) is 10.3. The topological polar surface area (TPSA) is 149 Å². The normalized spacial score (nSPS) is 10.0. The Morgan fingerprint density at radius 1 is 1.30 bits per heavy atom. The number of rotatable bonds is 5. The third-order valence-electron chi connectivity index (χ3n) is 2.21. The summed E-state index contributed by atoms with van der Waals surface area (Å²) in [7, 11) is 0. The van der Waals surface area contributed by atoms with Crippen LogP contribution in [0.15, 0.2) is 24.3 Å². The number of primary amides is 1. The van der Waals surface area contributed by atoms with Gasteiger partial charge in [0.25, 0.3) is 11.8 Å². The number of aromatic nitrogens is 3. The van der Waals surface area contributed by atoms with Gasteiger partial charge < -0.3 is 21.5 Å². The second-order valence-electron chi connectivity index (χ2n) is 3.78. The first kappa shape index (κ1) is 13.3. The van der Waals surface area contributed by atoms with Crippen molar-refractivity contribution in [2.75, 3.05) is 17.7 Å². The fraction of sp³-hybridized carbons (Fsp3) is 0.0909.